The number of carbonyl (C=O) groups is 2. The maximum Gasteiger partial charge on any atom is 0.256 e. The van der Waals surface area contributed by atoms with E-state index in [0.29, 0.717) is 30.0 Å². The van der Waals surface area contributed by atoms with Crippen molar-refractivity contribution < 1.29 is 19.2 Å². The number of benzene rings is 1. The van der Waals surface area contributed by atoms with Crippen molar-refractivity contribution >= 4 is 17.5 Å². The molecule has 37 heavy (non-hydrogen) atoms. The van der Waals surface area contributed by atoms with E-state index in [0.717, 1.165) is 16.7 Å². The van der Waals surface area contributed by atoms with Crippen molar-refractivity contribution in [3.05, 3.63) is 71.9 Å². The Hall–Kier alpha value is -3.65. The Labute approximate surface area is 216 Å². The highest BCUT2D eigenvalue weighted by molar-refractivity contribution is 6.11. The third-order valence-corrected chi connectivity index (χ3v) is 7.60. The van der Waals surface area contributed by atoms with E-state index >= 15 is 0 Å². The number of aliphatic hydroxyl groups is 1. The second-order valence-corrected chi connectivity index (χ2v) is 10.7. The molecule has 0 saturated carbocycles. The van der Waals surface area contributed by atoms with Crippen LogP contribution in [0.3, 0.4) is 0 Å². The Morgan fingerprint density at radius 3 is 2.57 bits per heavy atom. The van der Waals surface area contributed by atoms with Gasteiger partial charge in [0.15, 0.2) is 0 Å². The van der Waals surface area contributed by atoms with Crippen LogP contribution in [0.5, 0.6) is 0 Å². The van der Waals surface area contributed by atoms with Crippen LogP contribution in [0.2, 0.25) is 0 Å². The summed E-state index contributed by atoms with van der Waals surface area (Å²) in [6.07, 6.45) is 3.61. The summed E-state index contributed by atoms with van der Waals surface area (Å²) < 4.78 is 5.46. The summed E-state index contributed by atoms with van der Waals surface area (Å²) >= 11 is 0. The van der Waals surface area contributed by atoms with Crippen molar-refractivity contribution in [3.8, 4) is 11.1 Å². The zero-order valence-corrected chi connectivity index (χ0v) is 21.6. The highest BCUT2D eigenvalue weighted by Gasteiger charge is 2.48. The van der Waals surface area contributed by atoms with Crippen molar-refractivity contribution in [2.24, 2.45) is 10.9 Å². The molecule has 2 aromatic heterocycles. The van der Waals surface area contributed by atoms with Crippen molar-refractivity contribution in [1.82, 2.24) is 15.0 Å². The lowest BCUT2D eigenvalue weighted by molar-refractivity contribution is -0.134. The predicted octanol–water partition coefficient (Wildman–Crippen LogP) is 4.08. The maximum atomic E-state index is 13.8. The number of carbonyl (C=O) groups excluding carboxylic acids is 2. The monoisotopic (exact) mass is 500 g/mol. The SMILES string of the molecule is Cc1cc([C@@H](C(=O)N2C[C@H](O)C[C@H]2C2=NC(=O)[C@@](C)(c3ccc(-c4cccnc4)cc3)C2)C(C)C)on1. The van der Waals surface area contributed by atoms with Gasteiger partial charge in [0.25, 0.3) is 5.91 Å². The molecule has 8 nitrogen and oxygen atoms in total. The molecular weight excluding hydrogens is 468 g/mol. The van der Waals surface area contributed by atoms with Gasteiger partial charge in [-0.1, -0.05) is 49.3 Å². The smallest absolute Gasteiger partial charge is 0.256 e. The number of amides is 2. The molecule has 8 heteroatoms. The normalized spacial score (nSPS) is 24.5. The minimum absolute atomic E-state index is 0.0333. The van der Waals surface area contributed by atoms with Crippen molar-refractivity contribution in [2.45, 2.75) is 64.0 Å². The van der Waals surface area contributed by atoms with Gasteiger partial charge in [-0.05, 0) is 42.5 Å². The van der Waals surface area contributed by atoms with E-state index in [1.807, 2.05) is 64.1 Å². The molecule has 0 spiro atoms. The fourth-order valence-corrected chi connectivity index (χ4v) is 5.53. The van der Waals surface area contributed by atoms with Crippen LogP contribution in [0.25, 0.3) is 11.1 Å². The van der Waals surface area contributed by atoms with Crippen LogP contribution < -0.4 is 0 Å². The summed E-state index contributed by atoms with van der Waals surface area (Å²) in [5.41, 5.74) is 3.42. The number of aliphatic hydroxyl groups excluding tert-OH is 1. The number of aliphatic imine (C=N–C) groups is 1. The molecule has 4 atom stereocenters. The van der Waals surface area contributed by atoms with Gasteiger partial charge in [0.05, 0.1) is 23.3 Å². The number of aromatic nitrogens is 2. The van der Waals surface area contributed by atoms with E-state index in [4.69, 9.17) is 4.52 Å². The van der Waals surface area contributed by atoms with Gasteiger partial charge in [-0.3, -0.25) is 14.6 Å². The summed E-state index contributed by atoms with van der Waals surface area (Å²) in [5, 5.41) is 14.5. The fourth-order valence-electron chi connectivity index (χ4n) is 5.53. The molecule has 1 N–H and O–H groups in total. The lowest BCUT2D eigenvalue weighted by Gasteiger charge is -2.30. The Morgan fingerprint density at radius 1 is 1.19 bits per heavy atom. The minimum atomic E-state index is -0.829. The summed E-state index contributed by atoms with van der Waals surface area (Å²) in [7, 11) is 0. The number of rotatable bonds is 6. The third kappa shape index (κ3) is 4.62. The molecule has 0 radical (unpaired) electrons. The van der Waals surface area contributed by atoms with Gasteiger partial charge < -0.3 is 14.5 Å². The lowest BCUT2D eigenvalue weighted by atomic mass is 9.78. The zero-order chi connectivity index (χ0) is 26.3. The summed E-state index contributed by atoms with van der Waals surface area (Å²) in [6.45, 7) is 7.84. The molecule has 0 bridgehead atoms. The largest absolute Gasteiger partial charge is 0.391 e. The first-order valence-electron chi connectivity index (χ1n) is 12.7. The fraction of sp³-hybridized carbons (Fsp3) is 0.414. The predicted molar refractivity (Wildman–Crippen MR) is 139 cm³/mol. The Balaban J connectivity index is 1.39. The van der Waals surface area contributed by atoms with Crippen LogP contribution in [0.15, 0.2) is 64.4 Å². The van der Waals surface area contributed by atoms with Crippen LogP contribution in [-0.4, -0.2) is 56.4 Å². The number of hydrogen-bond acceptors (Lipinski definition) is 6. The Kier molecular flexibility index (Phi) is 6.54. The molecule has 1 fully saturated rings. The van der Waals surface area contributed by atoms with E-state index in [1.165, 1.54) is 0 Å². The van der Waals surface area contributed by atoms with Crippen LogP contribution in [0.1, 0.15) is 56.5 Å². The lowest BCUT2D eigenvalue weighted by Crippen LogP contribution is -2.44. The quantitative estimate of drug-likeness (QED) is 0.546. The molecule has 1 aromatic carbocycles. The molecule has 3 aromatic rings. The Bertz CT molecular complexity index is 1330. The zero-order valence-electron chi connectivity index (χ0n) is 21.6. The van der Waals surface area contributed by atoms with Crippen molar-refractivity contribution in [2.75, 3.05) is 6.54 Å². The number of β-amino-alcohol motifs (C(OH)–C–C–N with tert-alkyl or cyclic N) is 1. The summed E-state index contributed by atoms with van der Waals surface area (Å²) in [6, 6.07) is 13.1. The molecular formula is C29H32N4O4. The molecule has 0 unspecified atom stereocenters. The molecule has 2 aliphatic heterocycles. The number of hydrogen-bond donors (Lipinski definition) is 1. The van der Waals surface area contributed by atoms with Crippen molar-refractivity contribution in [1.29, 1.82) is 0 Å². The standard InChI is InChI=1S/C29H32N4O4/c1-17(2)26(25-12-18(3)32-37-25)27(35)33-16-22(34)13-24(33)23-14-29(4,28(36)31-23)21-9-7-19(8-10-21)20-6-5-11-30-15-20/h5-12,15,17,22,24,26,34H,13-14,16H2,1-4H3/t22-,24+,26+,29-/m1/s1. The van der Waals surface area contributed by atoms with E-state index in [9.17, 15) is 14.7 Å². The van der Waals surface area contributed by atoms with Crippen LogP contribution in [0, 0.1) is 12.8 Å². The van der Waals surface area contributed by atoms with E-state index in [-0.39, 0.29) is 24.3 Å². The average molecular weight is 501 g/mol. The van der Waals surface area contributed by atoms with Gasteiger partial charge >= 0.3 is 0 Å². The molecule has 2 aliphatic rings. The first kappa shape index (κ1) is 25.0. The average Bonchev–Trinajstić information content (AvgIpc) is 3.57. The van der Waals surface area contributed by atoms with E-state index in [2.05, 4.69) is 15.1 Å². The maximum absolute atomic E-state index is 13.8. The van der Waals surface area contributed by atoms with Gasteiger partial charge in [0.2, 0.25) is 5.91 Å². The minimum Gasteiger partial charge on any atom is -0.391 e. The second-order valence-electron chi connectivity index (χ2n) is 10.7. The first-order valence-corrected chi connectivity index (χ1v) is 12.7. The first-order chi connectivity index (χ1) is 17.7. The number of aryl methyl sites for hydroxylation is 1. The molecule has 2 amide bonds. The number of pyridine rings is 1. The van der Waals surface area contributed by atoms with Crippen LogP contribution in [0.4, 0.5) is 0 Å². The third-order valence-electron chi connectivity index (χ3n) is 7.60. The second kappa shape index (κ2) is 9.67. The number of nitrogens with zero attached hydrogens (tertiary/aromatic N) is 4. The highest BCUT2D eigenvalue weighted by atomic mass is 16.5. The Morgan fingerprint density at radius 2 is 1.95 bits per heavy atom. The van der Waals surface area contributed by atoms with Gasteiger partial charge in [-0.2, -0.15) is 0 Å². The van der Waals surface area contributed by atoms with E-state index in [1.54, 1.807) is 23.4 Å². The van der Waals surface area contributed by atoms with Gasteiger partial charge in [0.1, 0.15) is 11.7 Å². The molecule has 4 heterocycles. The van der Waals surface area contributed by atoms with E-state index < -0.39 is 23.5 Å². The molecule has 1 saturated heterocycles. The summed E-state index contributed by atoms with van der Waals surface area (Å²) in [4.78, 5) is 37.3. The van der Waals surface area contributed by atoms with Crippen molar-refractivity contribution in [3.63, 3.8) is 0 Å². The van der Waals surface area contributed by atoms with Gasteiger partial charge in [0, 0.05) is 43.6 Å². The molecule has 5 rings (SSSR count). The topological polar surface area (TPSA) is 109 Å². The molecule has 0 aliphatic carbocycles. The van der Waals surface area contributed by atoms with Crippen LogP contribution >= 0.6 is 0 Å². The molecule has 192 valence electrons. The number of likely N-dealkylation sites (tertiary alicyclic amines) is 1. The summed E-state index contributed by atoms with van der Waals surface area (Å²) in [5.74, 6) is -0.415. The van der Waals surface area contributed by atoms with Gasteiger partial charge in [-0.15, -0.1) is 0 Å². The van der Waals surface area contributed by atoms with Crippen LogP contribution in [-0.2, 0) is 15.0 Å². The highest BCUT2D eigenvalue weighted by Crippen LogP contribution is 2.39. The van der Waals surface area contributed by atoms with Gasteiger partial charge in [-0.25, -0.2) is 4.99 Å².